The van der Waals surface area contributed by atoms with Crippen molar-refractivity contribution >= 4 is 0 Å². The Bertz CT molecular complexity index is 385. The molecule has 0 aliphatic carbocycles. The van der Waals surface area contributed by atoms with E-state index in [1.54, 1.807) is 7.11 Å². The number of methoxy groups -OCH3 is 1. The predicted molar refractivity (Wildman–Crippen MR) is 66.5 cm³/mol. The largest absolute Gasteiger partial charge is 0.463 e. The van der Waals surface area contributed by atoms with Crippen LogP contribution >= 0.6 is 0 Å². The first kappa shape index (κ1) is 12.4. The number of nitrogens with zero attached hydrogens (tertiary/aromatic N) is 1. The van der Waals surface area contributed by atoms with Gasteiger partial charge in [0.05, 0.1) is 19.7 Å². The molecular formula is C13H20N2O2. The van der Waals surface area contributed by atoms with Gasteiger partial charge in [-0.15, -0.1) is 0 Å². The first-order valence-corrected chi connectivity index (χ1v) is 5.98. The summed E-state index contributed by atoms with van der Waals surface area (Å²) < 4.78 is 10.7. The second kappa shape index (κ2) is 6.00. The second-order valence-corrected chi connectivity index (χ2v) is 4.35. The third-order valence-electron chi connectivity index (χ3n) is 3.01. The lowest BCUT2D eigenvalue weighted by atomic mass is 10.1. The van der Waals surface area contributed by atoms with Crippen LogP contribution < -0.4 is 5.73 Å². The Balaban J connectivity index is 1.85. The minimum absolute atomic E-state index is 0.470. The molecule has 0 atom stereocenters. The summed E-state index contributed by atoms with van der Waals surface area (Å²) in [5.74, 6) is 1.85. The highest BCUT2D eigenvalue weighted by Gasteiger charge is 2.13. The topological polar surface area (TPSA) is 51.6 Å². The summed E-state index contributed by atoms with van der Waals surface area (Å²) in [6, 6.07) is 3.96. The van der Waals surface area contributed by atoms with Crippen molar-refractivity contribution in [1.29, 1.82) is 0 Å². The van der Waals surface area contributed by atoms with Gasteiger partial charge in [-0.25, -0.2) is 0 Å². The molecule has 1 aliphatic rings. The first-order valence-electron chi connectivity index (χ1n) is 5.98. The van der Waals surface area contributed by atoms with Gasteiger partial charge in [-0.2, -0.15) is 0 Å². The highest BCUT2D eigenvalue weighted by molar-refractivity contribution is 5.10. The summed E-state index contributed by atoms with van der Waals surface area (Å²) >= 11 is 0. The van der Waals surface area contributed by atoms with Gasteiger partial charge in [0.15, 0.2) is 0 Å². The molecule has 0 saturated heterocycles. The molecule has 17 heavy (non-hydrogen) atoms. The fourth-order valence-corrected chi connectivity index (χ4v) is 2.05. The standard InChI is InChI=1S/C13H20N2O2/c1-16-10-11-4-6-15(7-5-11)9-13-3-2-12(8-14)17-13/h2-4H,5-10,14H2,1H3. The van der Waals surface area contributed by atoms with Crippen molar-refractivity contribution in [3.8, 4) is 0 Å². The molecule has 1 aromatic heterocycles. The maximum absolute atomic E-state index is 5.60. The highest BCUT2D eigenvalue weighted by atomic mass is 16.5. The van der Waals surface area contributed by atoms with E-state index in [0.717, 1.165) is 44.2 Å². The van der Waals surface area contributed by atoms with Gasteiger partial charge in [0.25, 0.3) is 0 Å². The molecule has 0 saturated carbocycles. The number of rotatable bonds is 5. The molecule has 2 rings (SSSR count). The van der Waals surface area contributed by atoms with Gasteiger partial charge < -0.3 is 14.9 Å². The van der Waals surface area contributed by atoms with Crippen molar-refractivity contribution < 1.29 is 9.15 Å². The van der Waals surface area contributed by atoms with E-state index in [4.69, 9.17) is 14.9 Å². The van der Waals surface area contributed by atoms with Crippen LogP contribution in [0.1, 0.15) is 17.9 Å². The molecule has 0 fully saturated rings. The molecule has 0 amide bonds. The van der Waals surface area contributed by atoms with Crippen LogP contribution in [0.4, 0.5) is 0 Å². The zero-order chi connectivity index (χ0) is 12.1. The minimum atomic E-state index is 0.470. The average Bonchev–Trinajstić information content (AvgIpc) is 2.80. The number of furan rings is 1. The summed E-state index contributed by atoms with van der Waals surface area (Å²) in [4.78, 5) is 2.36. The second-order valence-electron chi connectivity index (χ2n) is 4.35. The van der Waals surface area contributed by atoms with E-state index in [9.17, 15) is 0 Å². The number of nitrogens with two attached hydrogens (primary N) is 1. The van der Waals surface area contributed by atoms with Crippen LogP contribution in [0.5, 0.6) is 0 Å². The van der Waals surface area contributed by atoms with Crippen molar-refractivity contribution in [1.82, 2.24) is 4.90 Å². The number of hydrogen-bond acceptors (Lipinski definition) is 4. The van der Waals surface area contributed by atoms with Gasteiger partial charge in [0, 0.05) is 20.2 Å². The molecule has 0 bridgehead atoms. The van der Waals surface area contributed by atoms with Crippen LogP contribution in [-0.4, -0.2) is 31.7 Å². The molecule has 0 radical (unpaired) electrons. The van der Waals surface area contributed by atoms with Crippen molar-refractivity contribution in [2.45, 2.75) is 19.5 Å². The minimum Gasteiger partial charge on any atom is -0.463 e. The van der Waals surface area contributed by atoms with E-state index >= 15 is 0 Å². The quantitative estimate of drug-likeness (QED) is 0.787. The summed E-state index contributed by atoms with van der Waals surface area (Å²) in [6.07, 6.45) is 3.33. The Morgan fingerprint density at radius 1 is 1.41 bits per heavy atom. The Labute approximate surface area is 102 Å². The van der Waals surface area contributed by atoms with Gasteiger partial charge in [0.1, 0.15) is 11.5 Å². The Kier molecular flexibility index (Phi) is 4.36. The first-order chi connectivity index (χ1) is 8.31. The summed E-state index contributed by atoms with van der Waals surface area (Å²) in [7, 11) is 1.74. The third-order valence-corrected chi connectivity index (χ3v) is 3.01. The summed E-state index contributed by atoms with van der Waals surface area (Å²) in [5, 5.41) is 0. The molecular weight excluding hydrogens is 216 g/mol. The molecule has 1 aliphatic heterocycles. The van der Waals surface area contributed by atoms with E-state index in [-0.39, 0.29) is 0 Å². The lowest BCUT2D eigenvalue weighted by Crippen LogP contribution is -2.28. The van der Waals surface area contributed by atoms with Crippen molar-refractivity contribution in [2.75, 3.05) is 26.8 Å². The lowest BCUT2D eigenvalue weighted by Gasteiger charge is -2.25. The number of hydrogen-bond donors (Lipinski definition) is 1. The van der Waals surface area contributed by atoms with E-state index in [2.05, 4.69) is 11.0 Å². The smallest absolute Gasteiger partial charge is 0.118 e. The van der Waals surface area contributed by atoms with Crippen molar-refractivity contribution in [3.63, 3.8) is 0 Å². The normalized spacial score (nSPS) is 17.2. The Hall–Kier alpha value is -1.10. The van der Waals surface area contributed by atoms with E-state index in [0.29, 0.717) is 6.54 Å². The molecule has 0 aromatic carbocycles. The molecule has 1 aromatic rings. The lowest BCUT2D eigenvalue weighted by molar-refractivity contribution is 0.206. The van der Waals surface area contributed by atoms with Crippen molar-refractivity contribution in [3.05, 3.63) is 35.3 Å². The predicted octanol–water partition coefficient (Wildman–Crippen LogP) is 1.52. The van der Waals surface area contributed by atoms with Crippen LogP contribution in [0.2, 0.25) is 0 Å². The van der Waals surface area contributed by atoms with Gasteiger partial charge in [0.2, 0.25) is 0 Å². The van der Waals surface area contributed by atoms with E-state index < -0.39 is 0 Å². The van der Waals surface area contributed by atoms with Crippen LogP contribution in [0, 0.1) is 0 Å². The van der Waals surface area contributed by atoms with Crippen LogP contribution in [0.25, 0.3) is 0 Å². The third kappa shape index (κ3) is 3.43. The van der Waals surface area contributed by atoms with Gasteiger partial charge in [-0.1, -0.05) is 6.08 Å². The zero-order valence-corrected chi connectivity index (χ0v) is 10.3. The monoisotopic (exact) mass is 236 g/mol. The zero-order valence-electron chi connectivity index (χ0n) is 10.3. The van der Waals surface area contributed by atoms with Gasteiger partial charge in [-0.3, -0.25) is 4.90 Å². The molecule has 0 unspecified atom stereocenters. The summed E-state index contributed by atoms with van der Waals surface area (Å²) in [5.41, 5.74) is 6.91. The maximum Gasteiger partial charge on any atom is 0.118 e. The van der Waals surface area contributed by atoms with Gasteiger partial charge >= 0.3 is 0 Å². The highest BCUT2D eigenvalue weighted by Crippen LogP contribution is 2.15. The fraction of sp³-hybridized carbons (Fsp3) is 0.538. The van der Waals surface area contributed by atoms with E-state index in [1.807, 2.05) is 12.1 Å². The fourth-order valence-electron chi connectivity index (χ4n) is 2.05. The summed E-state index contributed by atoms with van der Waals surface area (Å²) in [6.45, 7) is 4.12. The molecule has 4 heteroatoms. The van der Waals surface area contributed by atoms with Crippen LogP contribution in [-0.2, 0) is 17.8 Å². The van der Waals surface area contributed by atoms with Crippen molar-refractivity contribution in [2.24, 2.45) is 5.73 Å². The molecule has 94 valence electrons. The molecule has 0 spiro atoms. The number of ether oxygens (including phenoxy) is 1. The average molecular weight is 236 g/mol. The Morgan fingerprint density at radius 3 is 2.82 bits per heavy atom. The maximum atomic E-state index is 5.60. The Morgan fingerprint density at radius 2 is 2.24 bits per heavy atom. The van der Waals surface area contributed by atoms with Crippen LogP contribution in [0.15, 0.2) is 28.2 Å². The van der Waals surface area contributed by atoms with E-state index in [1.165, 1.54) is 5.57 Å². The molecule has 2 N–H and O–H groups in total. The van der Waals surface area contributed by atoms with Crippen LogP contribution in [0.3, 0.4) is 0 Å². The van der Waals surface area contributed by atoms with Gasteiger partial charge in [-0.05, 0) is 24.1 Å². The molecule has 4 nitrogen and oxygen atoms in total. The molecule has 2 heterocycles. The SMILES string of the molecule is COCC1=CCN(Cc2ccc(CN)o2)CC1.